The summed E-state index contributed by atoms with van der Waals surface area (Å²) in [5.74, 6) is 0. The first-order chi connectivity index (χ1) is 3.98. The molecule has 0 radical (unpaired) electrons. The van der Waals surface area contributed by atoms with E-state index in [1.165, 1.54) is 0 Å². The topological polar surface area (TPSA) is 26.0 Å². The molecule has 0 aromatic heterocycles. The molecule has 0 unspecified atom stereocenters. The maximum atomic E-state index is 5.79. The summed E-state index contributed by atoms with van der Waals surface area (Å²) in [5, 5.41) is 0. The zero-order valence-corrected chi connectivity index (χ0v) is 6.65. The minimum atomic E-state index is 0.216. The molecular formula is C8H17N. The summed E-state index contributed by atoms with van der Waals surface area (Å²) < 4.78 is 0. The third-order valence-corrected chi connectivity index (χ3v) is 1.53. The summed E-state index contributed by atoms with van der Waals surface area (Å²) in [7, 11) is 0. The zero-order valence-electron chi connectivity index (χ0n) is 6.65. The average Bonchev–Trinajstić information content (AvgIpc) is 1.64. The Morgan fingerprint density at radius 1 is 1.56 bits per heavy atom. The van der Waals surface area contributed by atoms with Crippen LogP contribution in [0, 0.1) is 5.41 Å². The summed E-state index contributed by atoms with van der Waals surface area (Å²) in [4.78, 5) is 0. The molecule has 0 saturated heterocycles. The maximum Gasteiger partial charge on any atom is 0.0122 e. The predicted octanol–water partition coefficient (Wildman–Crippen LogP) is 1.94. The molecule has 1 nitrogen and oxygen atoms in total. The second-order valence-electron chi connectivity index (χ2n) is 3.50. The van der Waals surface area contributed by atoms with Gasteiger partial charge in [-0.3, -0.25) is 0 Å². The second-order valence-corrected chi connectivity index (χ2v) is 3.50. The van der Waals surface area contributed by atoms with Crippen LogP contribution in [0.2, 0.25) is 0 Å². The van der Waals surface area contributed by atoms with Crippen molar-refractivity contribution in [3.63, 3.8) is 0 Å². The van der Waals surface area contributed by atoms with Crippen molar-refractivity contribution in [2.45, 2.75) is 33.2 Å². The van der Waals surface area contributed by atoms with E-state index in [4.69, 9.17) is 5.73 Å². The van der Waals surface area contributed by atoms with Gasteiger partial charge >= 0.3 is 0 Å². The van der Waals surface area contributed by atoms with E-state index in [0.717, 1.165) is 6.42 Å². The van der Waals surface area contributed by atoms with Crippen LogP contribution in [0.1, 0.15) is 27.2 Å². The summed E-state index contributed by atoms with van der Waals surface area (Å²) in [6, 6.07) is 0.245. The third-order valence-electron chi connectivity index (χ3n) is 1.53. The molecule has 0 aliphatic carbocycles. The largest absolute Gasteiger partial charge is 0.327 e. The monoisotopic (exact) mass is 127 g/mol. The molecule has 9 heavy (non-hydrogen) atoms. The van der Waals surface area contributed by atoms with Gasteiger partial charge in [0.05, 0.1) is 0 Å². The molecule has 0 aliphatic heterocycles. The van der Waals surface area contributed by atoms with Crippen molar-refractivity contribution in [2.24, 2.45) is 11.1 Å². The van der Waals surface area contributed by atoms with Crippen molar-refractivity contribution in [1.29, 1.82) is 0 Å². The van der Waals surface area contributed by atoms with E-state index in [9.17, 15) is 0 Å². The summed E-state index contributed by atoms with van der Waals surface area (Å²) in [5.41, 5.74) is 6.01. The van der Waals surface area contributed by atoms with Gasteiger partial charge in [-0.1, -0.05) is 26.8 Å². The average molecular weight is 127 g/mol. The first-order valence-corrected chi connectivity index (χ1v) is 3.35. The van der Waals surface area contributed by atoms with Crippen LogP contribution in [0.3, 0.4) is 0 Å². The van der Waals surface area contributed by atoms with Gasteiger partial charge in [0.25, 0.3) is 0 Å². The van der Waals surface area contributed by atoms with Gasteiger partial charge in [0.15, 0.2) is 0 Å². The van der Waals surface area contributed by atoms with Gasteiger partial charge in [-0.05, 0) is 11.8 Å². The van der Waals surface area contributed by atoms with Crippen molar-refractivity contribution in [2.75, 3.05) is 0 Å². The van der Waals surface area contributed by atoms with Crippen molar-refractivity contribution >= 4 is 0 Å². The molecule has 0 rings (SSSR count). The van der Waals surface area contributed by atoms with Crippen LogP contribution < -0.4 is 5.73 Å². The highest BCUT2D eigenvalue weighted by Crippen LogP contribution is 2.19. The Morgan fingerprint density at radius 2 is 2.00 bits per heavy atom. The number of rotatable bonds is 2. The van der Waals surface area contributed by atoms with Crippen molar-refractivity contribution < 1.29 is 0 Å². The second kappa shape index (κ2) is 3.02. The standard InChI is InChI=1S/C8H17N/c1-5-6-7(9)8(2,3)4/h5,7H,1,6,9H2,2-4H3/t7-/m0/s1. The van der Waals surface area contributed by atoms with Crippen LogP contribution in [-0.4, -0.2) is 6.04 Å². The molecular weight excluding hydrogens is 110 g/mol. The molecule has 0 aromatic carbocycles. The molecule has 0 saturated carbocycles. The minimum Gasteiger partial charge on any atom is -0.327 e. The van der Waals surface area contributed by atoms with Gasteiger partial charge in [0.1, 0.15) is 0 Å². The molecule has 0 heterocycles. The fourth-order valence-electron chi connectivity index (χ4n) is 0.533. The van der Waals surface area contributed by atoms with Crippen molar-refractivity contribution in [1.82, 2.24) is 0 Å². The maximum absolute atomic E-state index is 5.79. The molecule has 0 spiro atoms. The minimum absolute atomic E-state index is 0.216. The molecule has 0 aromatic rings. The van der Waals surface area contributed by atoms with Crippen LogP contribution in [-0.2, 0) is 0 Å². The Balaban J connectivity index is 3.72. The molecule has 0 bridgehead atoms. The molecule has 0 fully saturated rings. The highest BCUT2D eigenvalue weighted by molar-refractivity contribution is 4.83. The predicted molar refractivity (Wildman–Crippen MR) is 42.2 cm³/mol. The van der Waals surface area contributed by atoms with E-state index in [1.807, 2.05) is 6.08 Å². The Bertz CT molecular complexity index is 89.2. The lowest BCUT2D eigenvalue weighted by Gasteiger charge is -2.25. The van der Waals surface area contributed by atoms with Gasteiger partial charge < -0.3 is 5.73 Å². The van der Waals surface area contributed by atoms with E-state index in [1.54, 1.807) is 0 Å². The third kappa shape index (κ3) is 3.31. The highest BCUT2D eigenvalue weighted by Gasteiger charge is 2.18. The van der Waals surface area contributed by atoms with Crippen molar-refractivity contribution in [3.8, 4) is 0 Å². The first-order valence-electron chi connectivity index (χ1n) is 3.35. The van der Waals surface area contributed by atoms with E-state index in [-0.39, 0.29) is 11.5 Å². The number of nitrogens with two attached hydrogens (primary N) is 1. The quantitative estimate of drug-likeness (QED) is 0.564. The lowest BCUT2D eigenvalue weighted by Crippen LogP contribution is -2.34. The Morgan fingerprint density at radius 3 is 2.11 bits per heavy atom. The fraction of sp³-hybridized carbons (Fsp3) is 0.750. The molecule has 1 heteroatoms. The summed E-state index contributed by atoms with van der Waals surface area (Å²) in [6.07, 6.45) is 2.78. The zero-order chi connectivity index (χ0) is 7.49. The lowest BCUT2D eigenvalue weighted by molar-refractivity contribution is 0.322. The molecule has 0 aliphatic rings. The van der Waals surface area contributed by atoms with Crippen molar-refractivity contribution in [3.05, 3.63) is 12.7 Å². The van der Waals surface area contributed by atoms with Crippen LogP contribution in [0.15, 0.2) is 12.7 Å². The van der Waals surface area contributed by atoms with Gasteiger partial charge in [-0.2, -0.15) is 0 Å². The Hall–Kier alpha value is -0.300. The van der Waals surface area contributed by atoms with E-state index in [0.29, 0.717) is 0 Å². The van der Waals surface area contributed by atoms with Gasteiger partial charge in [0, 0.05) is 6.04 Å². The van der Waals surface area contributed by atoms with E-state index >= 15 is 0 Å². The molecule has 2 N–H and O–H groups in total. The first kappa shape index (κ1) is 8.70. The number of hydrogen-bond acceptors (Lipinski definition) is 1. The number of hydrogen-bond donors (Lipinski definition) is 1. The highest BCUT2D eigenvalue weighted by atomic mass is 14.7. The summed E-state index contributed by atoms with van der Waals surface area (Å²) >= 11 is 0. The molecule has 54 valence electrons. The van der Waals surface area contributed by atoms with Gasteiger partial charge in [-0.15, -0.1) is 6.58 Å². The van der Waals surface area contributed by atoms with Gasteiger partial charge in [0.2, 0.25) is 0 Å². The summed E-state index contributed by atoms with van der Waals surface area (Å²) in [6.45, 7) is 10.1. The Labute approximate surface area is 57.9 Å². The molecule has 0 amide bonds. The Kier molecular flexibility index (Phi) is 2.92. The van der Waals surface area contributed by atoms with Crippen LogP contribution >= 0.6 is 0 Å². The van der Waals surface area contributed by atoms with Crippen LogP contribution in [0.5, 0.6) is 0 Å². The van der Waals surface area contributed by atoms with Crippen LogP contribution in [0.4, 0.5) is 0 Å². The lowest BCUT2D eigenvalue weighted by atomic mass is 9.86. The van der Waals surface area contributed by atoms with Gasteiger partial charge in [-0.25, -0.2) is 0 Å². The normalized spacial score (nSPS) is 15.1. The van der Waals surface area contributed by atoms with E-state index in [2.05, 4.69) is 27.4 Å². The molecule has 1 atom stereocenters. The fourth-order valence-corrected chi connectivity index (χ4v) is 0.533. The van der Waals surface area contributed by atoms with Crippen LogP contribution in [0.25, 0.3) is 0 Å². The van der Waals surface area contributed by atoms with E-state index < -0.39 is 0 Å². The smallest absolute Gasteiger partial charge is 0.0122 e. The SMILES string of the molecule is C=CC[C@H](N)C(C)(C)C.